The van der Waals surface area contributed by atoms with Crippen LogP contribution in [0.1, 0.15) is 57.8 Å². The predicted octanol–water partition coefficient (Wildman–Crippen LogP) is 2.23. The van der Waals surface area contributed by atoms with E-state index in [1.165, 1.54) is 32.4 Å². The Balaban J connectivity index is 3.33. The van der Waals surface area contributed by atoms with Gasteiger partial charge in [-0.15, -0.1) is 0 Å². The summed E-state index contributed by atoms with van der Waals surface area (Å²) in [7, 11) is -1.34. The van der Waals surface area contributed by atoms with E-state index >= 15 is 0 Å². The molecule has 0 aliphatic rings. The number of nitrogens with one attached hydrogen (secondary N) is 2. The van der Waals surface area contributed by atoms with Gasteiger partial charge in [-0.25, -0.2) is 17.9 Å². The molecule has 0 aliphatic carbocycles. The predicted molar refractivity (Wildman–Crippen MR) is 106 cm³/mol. The number of ether oxygens (including phenoxy) is 2. The molecule has 2 N–H and O–H groups in total. The number of amides is 1. The molecule has 0 aromatic heterocycles. The summed E-state index contributed by atoms with van der Waals surface area (Å²) in [4.78, 5) is 24.7. The maximum atomic E-state index is 12.7. The molecule has 1 aromatic rings. The summed E-state index contributed by atoms with van der Waals surface area (Å²) in [5, 5.41) is 2.66. The maximum Gasteiger partial charge on any atom is 0.331 e. The van der Waals surface area contributed by atoms with Crippen molar-refractivity contribution in [3.05, 3.63) is 23.8 Å². The smallest absolute Gasteiger partial charge is 0.331 e. The van der Waals surface area contributed by atoms with Crippen molar-refractivity contribution in [3.63, 3.8) is 0 Å². The van der Waals surface area contributed by atoms with Crippen LogP contribution in [0, 0.1) is 0 Å². The van der Waals surface area contributed by atoms with Crippen molar-refractivity contribution in [1.82, 2.24) is 10.0 Å². The van der Waals surface area contributed by atoms with Crippen molar-refractivity contribution in [1.29, 1.82) is 0 Å². The Morgan fingerprint density at radius 1 is 1.11 bits per heavy atom. The highest BCUT2D eigenvalue weighted by Crippen LogP contribution is 2.26. The second kappa shape index (κ2) is 8.91. The minimum absolute atomic E-state index is 0.0846. The fraction of sp³-hybridized carbons (Fsp3) is 0.579. The average Bonchev–Trinajstić information content (AvgIpc) is 2.58. The van der Waals surface area contributed by atoms with Crippen molar-refractivity contribution in [2.75, 3.05) is 14.2 Å². The molecule has 9 heteroatoms. The Bertz CT molecular complexity index is 829. The van der Waals surface area contributed by atoms with Gasteiger partial charge in [0.15, 0.2) is 0 Å². The number of rotatable bonds is 8. The molecule has 0 bridgehead atoms. The number of methoxy groups -OCH3 is 2. The van der Waals surface area contributed by atoms with Gasteiger partial charge in [-0.05, 0) is 52.3 Å². The molecule has 158 valence electrons. The summed E-state index contributed by atoms with van der Waals surface area (Å²) in [5.41, 5.74) is -1.85. The van der Waals surface area contributed by atoms with Gasteiger partial charge in [0.25, 0.3) is 5.91 Å². The Morgan fingerprint density at radius 2 is 1.71 bits per heavy atom. The van der Waals surface area contributed by atoms with Crippen LogP contribution in [0.2, 0.25) is 0 Å². The summed E-state index contributed by atoms with van der Waals surface area (Å²) in [6.07, 6.45) is 1.02. The van der Waals surface area contributed by atoms with Crippen molar-refractivity contribution in [3.8, 4) is 5.75 Å². The third-order valence-corrected chi connectivity index (χ3v) is 5.71. The van der Waals surface area contributed by atoms with Crippen LogP contribution in [0.5, 0.6) is 5.75 Å². The van der Waals surface area contributed by atoms with Gasteiger partial charge >= 0.3 is 5.97 Å². The lowest BCUT2D eigenvalue weighted by Crippen LogP contribution is -2.52. The van der Waals surface area contributed by atoms with Crippen LogP contribution in [-0.2, 0) is 19.6 Å². The molecule has 8 nitrogen and oxygen atoms in total. The van der Waals surface area contributed by atoms with Crippen LogP contribution in [0.15, 0.2) is 23.1 Å². The molecule has 0 heterocycles. The van der Waals surface area contributed by atoms with E-state index in [0.717, 1.165) is 0 Å². The molecule has 0 spiro atoms. The monoisotopic (exact) mass is 414 g/mol. The fourth-order valence-corrected chi connectivity index (χ4v) is 4.36. The highest BCUT2D eigenvalue weighted by molar-refractivity contribution is 7.89. The fourth-order valence-electron chi connectivity index (χ4n) is 2.75. The van der Waals surface area contributed by atoms with Crippen molar-refractivity contribution in [2.24, 2.45) is 0 Å². The first-order chi connectivity index (χ1) is 12.8. The van der Waals surface area contributed by atoms with Crippen LogP contribution >= 0.6 is 0 Å². The number of carbonyl (C=O) groups is 2. The summed E-state index contributed by atoms with van der Waals surface area (Å²) in [6.45, 7) is 8.58. The van der Waals surface area contributed by atoms with E-state index in [9.17, 15) is 18.0 Å². The Hall–Kier alpha value is -2.13. The molecule has 0 saturated heterocycles. The summed E-state index contributed by atoms with van der Waals surface area (Å²) in [6, 6.07) is 4.07. The van der Waals surface area contributed by atoms with Gasteiger partial charge in [0.1, 0.15) is 16.2 Å². The van der Waals surface area contributed by atoms with Gasteiger partial charge in [0.2, 0.25) is 10.0 Å². The number of carbonyl (C=O) groups excluding carboxylic acids is 2. The summed E-state index contributed by atoms with van der Waals surface area (Å²) in [5.74, 6) is -1.05. The Kier molecular flexibility index (Phi) is 7.61. The molecular formula is C19H30N2O6S. The number of hydrogen-bond acceptors (Lipinski definition) is 6. The van der Waals surface area contributed by atoms with Crippen LogP contribution in [0.3, 0.4) is 0 Å². The van der Waals surface area contributed by atoms with Crippen molar-refractivity contribution >= 4 is 21.9 Å². The molecule has 1 atom stereocenters. The first-order valence-electron chi connectivity index (χ1n) is 8.92. The van der Waals surface area contributed by atoms with E-state index in [1.807, 2.05) is 6.92 Å². The summed E-state index contributed by atoms with van der Waals surface area (Å²) < 4.78 is 38.0. The molecule has 0 aliphatic heterocycles. The van der Waals surface area contributed by atoms with Gasteiger partial charge in [-0.2, -0.15) is 0 Å². The molecule has 1 rings (SSSR count). The molecule has 1 amide bonds. The van der Waals surface area contributed by atoms with Crippen LogP contribution in [-0.4, -0.2) is 45.6 Å². The zero-order valence-electron chi connectivity index (χ0n) is 17.5. The maximum absolute atomic E-state index is 12.7. The second-order valence-corrected chi connectivity index (χ2v) is 9.40. The highest BCUT2D eigenvalue weighted by Gasteiger charge is 2.36. The largest absolute Gasteiger partial charge is 0.495 e. The van der Waals surface area contributed by atoms with Crippen LogP contribution < -0.4 is 14.8 Å². The zero-order valence-corrected chi connectivity index (χ0v) is 18.3. The molecule has 28 heavy (non-hydrogen) atoms. The third-order valence-electron chi connectivity index (χ3n) is 3.93. The molecule has 0 saturated carbocycles. The zero-order chi connectivity index (χ0) is 21.8. The molecule has 0 radical (unpaired) electrons. The quantitative estimate of drug-likeness (QED) is 0.631. The van der Waals surface area contributed by atoms with E-state index in [-0.39, 0.29) is 16.2 Å². The van der Waals surface area contributed by atoms with E-state index in [1.54, 1.807) is 27.7 Å². The lowest BCUT2D eigenvalue weighted by atomic mass is 9.95. The van der Waals surface area contributed by atoms with E-state index < -0.39 is 33.0 Å². The molecule has 0 fully saturated rings. The number of esters is 1. The second-order valence-electron chi connectivity index (χ2n) is 7.75. The summed E-state index contributed by atoms with van der Waals surface area (Å²) >= 11 is 0. The Morgan fingerprint density at radius 3 is 2.18 bits per heavy atom. The van der Waals surface area contributed by atoms with Gasteiger partial charge in [0, 0.05) is 11.1 Å². The van der Waals surface area contributed by atoms with Gasteiger partial charge < -0.3 is 14.8 Å². The minimum Gasteiger partial charge on any atom is -0.495 e. The van der Waals surface area contributed by atoms with Crippen LogP contribution in [0.4, 0.5) is 0 Å². The number of sulfonamides is 1. The van der Waals surface area contributed by atoms with E-state index in [0.29, 0.717) is 12.8 Å². The first-order valence-corrected chi connectivity index (χ1v) is 10.4. The van der Waals surface area contributed by atoms with Crippen molar-refractivity contribution in [2.45, 2.75) is 63.4 Å². The van der Waals surface area contributed by atoms with Gasteiger partial charge in [0.05, 0.1) is 14.2 Å². The number of benzene rings is 1. The average molecular weight is 415 g/mol. The first kappa shape index (κ1) is 23.9. The number of hydrogen-bond donors (Lipinski definition) is 2. The minimum atomic E-state index is -3.94. The normalized spacial score (nSPS) is 14.1. The lowest BCUT2D eigenvalue weighted by molar-refractivity contribution is -0.147. The molecular weight excluding hydrogens is 384 g/mol. The van der Waals surface area contributed by atoms with Crippen LogP contribution in [0.25, 0.3) is 0 Å². The van der Waals surface area contributed by atoms with E-state index in [4.69, 9.17) is 9.47 Å². The Labute approximate surface area is 167 Å². The lowest BCUT2D eigenvalue weighted by Gasteiger charge is -2.27. The highest BCUT2D eigenvalue weighted by atomic mass is 32.2. The third kappa shape index (κ3) is 5.93. The standard InChI is InChI=1S/C19H30N2O6S/c1-8-11-19(5,17(23)27-7)20-16(22)13-9-10-14(26-6)15(12-13)28(24,25)21-18(2,3)4/h9-10,12,21H,8,11H2,1-7H3,(H,20,22). The van der Waals surface area contributed by atoms with Crippen molar-refractivity contribution < 1.29 is 27.5 Å². The van der Waals surface area contributed by atoms with E-state index in [2.05, 4.69) is 10.0 Å². The SMILES string of the molecule is CCCC(C)(NC(=O)c1ccc(OC)c(S(=O)(=O)NC(C)(C)C)c1)C(=O)OC. The topological polar surface area (TPSA) is 111 Å². The molecule has 1 aromatic carbocycles. The van der Waals surface area contributed by atoms with Gasteiger partial charge in [-0.3, -0.25) is 4.79 Å². The van der Waals surface area contributed by atoms with Gasteiger partial charge in [-0.1, -0.05) is 13.3 Å². The molecule has 1 unspecified atom stereocenters.